The number of amides is 1. The van der Waals surface area contributed by atoms with Crippen LogP contribution in [0, 0.1) is 0 Å². The average Bonchev–Trinajstić information content (AvgIpc) is 2.85. The lowest BCUT2D eigenvalue weighted by Crippen LogP contribution is -2.39. The number of aryl methyl sites for hydroxylation is 1. The summed E-state index contributed by atoms with van der Waals surface area (Å²) in [6, 6.07) is 3.82. The molecule has 0 bridgehead atoms. The number of carbonyl (C=O) groups excluding carboxylic acids is 1. The Kier molecular flexibility index (Phi) is 3.27. The van der Waals surface area contributed by atoms with Crippen LogP contribution in [0.1, 0.15) is 39.4 Å². The van der Waals surface area contributed by atoms with Crippen LogP contribution in [-0.2, 0) is 17.3 Å². The van der Waals surface area contributed by atoms with E-state index >= 15 is 0 Å². The van der Waals surface area contributed by atoms with E-state index in [-0.39, 0.29) is 0 Å². The highest BCUT2D eigenvalue weighted by atomic mass is 16.6. The van der Waals surface area contributed by atoms with Crippen LogP contribution in [0.3, 0.4) is 0 Å². The largest absolute Gasteiger partial charge is 0.458 e. The van der Waals surface area contributed by atoms with Gasteiger partial charge in [0.2, 0.25) is 0 Å². The number of hydrogen-bond acceptors (Lipinski definition) is 4. The number of rotatable bonds is 3. The minimum atomic E-state index is -0.510. The van der Waals surface area contributed by atoms with Crippen LogP contribution >= 0.6 is 0 Å². The first kappa shape index (κ1) is 14.7. The first-order valence-corrected chi connectivity index (χ1v) is 7.38. The Labute approximate surface area is 129 Å². The normalized spacial score (nSPS) is 16.4. The van der Waals surface area contributed by atoms with Crippen molar-refractivity contribution < 1.29 is 13.9 Å². The summed E-state index contributed by atoms with van der Waals surface area (Å²) in [5, 5.41) is 7.07. The minimum Gasteiger partial charge on any atom is -0.458 e. The Bertz CT molecular complexity index is 690. The molecular weight excluding hydrogens is 282 g/mol. The van der Waals surface area contributed by atoms with Gasteiger partial charge in [-0.1, -0.05) is 0 Å². The summed E-state index contributed by atoms with van der Waals surface area (Å²) < 4.78 is 13.0. The molecule has 1 N–H and O–H groups in total. The predicted octanol–water partition coefficient (Wildman–Crippen LogP) is 3.19. The maximum atomic E-state index is 12.0. The molecule has 6 heteroatoms. The molecule has 0 saturated heterocycles. The molecule has 1 saturated carbocycles. The molecule has 0 atom stereocenters. The van der Waals surface area contributed by atoms with Crippen LogP contribution < -0.4 is 5.32 Å². The zero-order valence-corrected chi connectivity index (χ0v) is 13.3. The summed E-state index contributed by atoms with van der Waals surface area (Å²) >= 11 is 0. The van der Waals surface area contributed by atoms with Crippen LogP contribution in [0.4, 0.5) is 4.79 Å². The van der Waals surface area contributed by atoms with E-state index in [1.165, 1.54) is 0 Å². The first-order chi connectivity index (χ1) is 10.3. The van der Waals surface area contributed by atoms with Gasteiger partial charge in [-0.2, -0.15) is 5.10 Å². The van der Waals surface area contributed by atoms with Crippen molar-refractivity contribution in [3.05, 3.63) is 30.3 Å². The van der Waals surface area contributed by atoms with Crippen molar-refractivity contribution >= 4 is 6.09 Å². The molecule has 1 aliphatic rings. The molecule has 0 unspecified atom stereocenters. The number of furan rings is 1. The molecule has 1 fully saturated rings. The Balaban J connectivity index is 1.74. The van der Waals surface area contributed by atoms with Gasteiger partial charge in [-0.05, 0) is 45.7 Å². The third-order valence-corrected chi connectivity index (χ3v) is 3.56. The number of nitrogens with zero attached hydrogens (tertiary/aromatic N) is 2. The maximum Gasteiger partial charge on any atom is 0.408 e. The highest BCUT2D eigenvalue weighted by molar-refractivity contribution is 5.70. The van der Waals surface area contributed by atoms with Crippen molar-refractivity contribution in [1.29, 1.82) is 0 Å². The molecular formula is C16H21N3O3. The van der Waals surface area contributed by atoms with Crippen molar-refractivity contribution in [3.63, 3.8) is 0 Å². The smallest absolute Gasteiger partial charge is 0.408 e. The van der Waals surface area contributed by atoms with Gasteiger partial charge < -0.3 is 14.5 Å². The topological polar surface area (TPSA) is 69.3 Å². The minimum absolute atomic E-state index is 0.413. The van der Waals surface area contributed by atoms with Gasteiger partial charge in [-0.15, -0.1) is 0 Å². The van der Waals surface area contributed by atoms with E-state index in [0.29, 0.717) is 0 Å². The Morgan fingerprint density at radius 3 is 2.68 bits per heavy atom. The Hall–Kier alpha value is -2.24. The van der Waals surface area contributed by atoms with Crippen molar-refractivity contribution in [2.45, 2.75) is 44.8 Å². The molecule has 0 aliphatic heterocycles. The van der Waals surface area contributed by atoms with Crippen molar-refractivity contribution in [2.75, 3.05) is 0 Å². The van der Waals surface area contributed by atoms with Crippen molar-refractivity contribution in [3.8, 4) is 11.3 Å². The fourth-order valence-corrected chi connectivity index (χ4v) is 2.36. The van der Waals surface area contributed by atoms with Crippen LogP contribution in [0.2, 0.25) is 0 Å². The zero-order valence-electron chi connectivity index (χ0n) is 13.3. The number of carbonyl (C=O) groups is 1. The third-order valence-electron chi connectivity index (χ3n) is 3.56. The van der Waals surface area contributed by atoms with Gasteiger partial charge in [0.25, 0.3) is 0 Å². The molecule has 0 spiro atoms. The lowest BCUT2D eigenvalue weighted by atomic mass is 10.2. The zero-order chi connectivity index (χ0) is 16.0. The second-order valence-electron chi connectivity index (χ2n) is 6.78. The molecule has 0 aromatic carbocycles. The number of hydrogen-bond donors (Lipinski definition) is 1. The van der Waals surface area contributed by atoms with Crippen LogP contribution in [-0.4, -0.2) is 21.5 Å². The molecule has 118 valence electrons. The number of nitrogens with one attached hydrogen (secondary N) is 1. The number of alkyl carbamates (subject to hydrolysis) is 1. The lowest BCUT2D eigenvalue weighted by molar-refractivity contribution is 0.0488. The molecule has 0 radical (unpaired) electrons. The molecule has 2 aromatic rings. The Morgan fingerprint density at radius 2 is 2.14 bits per heavy atom. The average molecular weight is 303 g/mol. The van der Waals surface area contributed by atoms with E-state index in [1.54, 1.807) is 10.9 Å². The molecule has 3 rings (SSSR count). The monoisotopic (exact) mass is 303 g/mol. The SMILES string of the molecule is Cn1cc(-c2ccc(C3(NC(=O)OC(C)(C)C)CC3)o2)cn1. The molecule has 22 heavy (non-hydrogen) atoms. The third kappa shape index (κ3) is 3.00. The second-order valence-corrected chi connectivity index (χ2v) is 6.78. The first-order valence-electron chi connectivity index (χ1n) is 7.38. The van der Waals surface area contributed by atoms with E-state index in [4.69, 9.17) is 9.15 Å². The standard InChI is InChI=1S/C16H21N3O3/c1-15(2,3)22-14(20)18-16(7-8-16)13-6-5-12(21-13)11-9-17-19(4)10-11/h5-6,9-10H,7-8H2,1-4H3,(H,18,20). The molecule has 2 aromatic heterocycles. The quantitative estimate of drug-likeness (QED) is 0.945. The van der Waals surface area contributed by atoms with Gasteiger partial charge in [0.1, 0.15) is 22.7 Å². The van der Waals surface area contributed by atoms with Gasteiger partial charge >= 0.3 is 6.09 Å². The van der Waals surface area contributed by atoms with Crippen LogP contribution in [0.15, 0.2) is 28.9 Å². The summed E-state index contributed by atoms with van der Waals surface area (Å²) in [4.78, 5) is 12.0. The van der Waals surface area contributed by atoms with E-state index in [0.717, 1.165) is 29.9 Å². The predicted molar refractivity (Wildman–Crippen MR) is 81.2 cm³/mol. The van der Waals surface area contributed by atoms with Gasteiger partial charge in [-0.25, -0.2) is 4.79 Å². The summed E-state index contributed by atoms with van der Waals surface area (Å²) in [6.45, 7) is 5.54. The second kappa shape index (κ2) is 4.90. The van der Waals surface area contributed by atoms with E-state index in [2.05, 4.69) is 10.4 Å². The highest BCUT2D eigenvalue weighted by Gasteiger charge is 2.49. The van der Waals surface area contributed by atoms with Crippen molar-refractivity contribution in [1.82, 2.24) is 15.1 Å². The number of aromatic nitrogens is 2. The summed E-state index contributed by atoms with van der Waals surface area (Å²) in [5.41, 5.74) is -0.0192. The molecule has 1 amide bonds. The lowest BCUT2D eigenvalue weighted by Gasteiger charge is -2.22. The van der Waals surface area contributed by atoms with Gasteiger partial charge in [0.15, 0.2) is 0 Å². The van der Waals surface area contributed by atoms with Crippen LogP contribution in [0.25, 0.3) is 11.3 Å². The Morgan fingerprint density at radius 1 is 1.41 bits per heavy atom. The fourth-order valence-electron chi connectivity index (χ4n) is 2.36. The molecule has 2 heterocycles. The molecule has 6 nitrogen and oxygen atoms in total. The van der Waals surface area contributed by atoms with Gasteiger partial charge in [-0.3, -0.25) is 4.68 Å². The van der Waals surface area contributed by atoms with Crippen molar-refractivity contribution in [2.24, 2.45) is 7.05 Å². The molecule has 1 aliphatic carbocycles. The van der Waals surface area contributed by atoms with E-state index in [9.17, 15) is 4.79 Å². The summed E-state index contributed by atoms with van der Waals surface area (Å²) in [6.07, 6.45) is 4.94. The van der Waals surface area contributed by atoms with E-state index in [1.807, 2.05) is 46.1 Å². The van der Waals surface area contributed by atoms with Gasteiger partial charge in [0.05, 0.1) is 11.8 Å². The summed E-state index contributed by atoms with van der Waals surface area (Å²) in [5.74, 6) is 1.51. The fraction of sp³-hybridized carbons (Fsp3) is 0.500. The van der Waals surface area contributed by atoms with Gasteiger partial charge in [0, 0.05) is 13.2 Å². The number of ether oxygens (including phenoxy) is 1. The van der Waals surface area contributed by atoms with Crippen LogP contribution in [0.5, 0.6) is 0 Å². The van der Waals surface area contributed by atoms with E-state index < -0.39 is 17.2 Å². The highest BCUT2D eigenvalue weighted by Crippen LogP contribution is 2.47. The summed E-state index contributed by atoms with van der Waals surface area (Å²) in [7, 11) is 1.86. The maximum absolute atomic E-state index is 12.0.